The predicted octanol–water partition coefficient (Wildman–Crippen LogP) is 9.64. The van der Waals surface area contributed by atoms with Crippen LogP contribution in [0.5, 0.6) is 11.5 Å². The van der Waals surface area contributed by atoms with Crippen LogP contribution in [0, 0.1) is 34.9 Å². The summed E-state index contributed by atoms with van der Waals surface area (Å²) in [4.78, 5) is 0. The fourth-order valence-electron chi connectivity index (χ4n) is 4.19. The van der Waals surface area contributed by atoms with E-state index in [0.29, 0.717) is 11.6 Å². The van der Waals surface area contributed by atoms with Crippen molar-refractivity contribution in [1.29, 1.82) is 0 Å². The molecule has 0 saturated heterocycles. The lowest BCUT2D eigenvalue weighted by Crippen LogP contribution is -2.32. The van der Waals surface area contributed by atoms with Gasteiger partial charge in [-0.25, -0.2) is 26.3 Å². The zero-order chi connectivity index (χ0) is 29.7. The molecule has 0 spiro atoms. The van der Waals surface area contributed by atoms with Gasteiger partial charge in [0.25, 0.3) is 0 Å². The van der Waals surface area contributed by atoms with Crippen LogP contribution in [0.3, 0.4) is 0 Å². The molecule has 0 heterocycles. The van der Waals surface area contributed by atoms with Crippen LogP contribution in [0.4, 0.5) is 35.1 Å². The highest BCUT2D eigenvalue weighted by Crippen LogP contribution is 2.34. The van der Waals surface area contributed by atoms with Gasteiger partial charge in [-0.05, 0) is 59.4 Å². The van der Waals surface area contributed by atoms with Crippen molar-refractivity contribution in [3.8, 4) is 33.8 Å². The molecule has 2 nitrogen and oxygen atoms in total. The molecule has 0 N–H and O–H groups in total. The second-order valence-electron chi connectivity index (χ2n) is 9.34. The van der Waals surface area contributed by atoms with E-state index >= 15 is 8.78 Å². The molecule has 0 saturated carbocycles. The lowest BCUT2D eigenvalue weighted by atomic mass is 9.97. The van der Waals surface area contributed by atoms with E-state index in [1.54, 1.807) is 12.1 Å². The van der Waals surface area contributed by atoms with Gasteiger partial charge in [0, 0.05) is 12.1 Å². The number of hydrogen-bond donors (Lipinski definition) is 0. The Morgan fingerprint density at radius 1 is 0.634 bits per heavy atom. The second kappa shape index (κ2) is 12.6. The smallest absolute Gasteiger partial charge is 0.433 e. The van der Waals surface area contributed by atoms with Crippen LogP contribution in [-0.4, -0.2) is 12.7 Å². The Labute approximate surface area is 231 Å². The first-order valence-electron chi connectivity index (χ1n) is 12.7. The maximum atomic E-state index is 15.0. The average molecular weight is 581 g/mol. The van der Waals surface area contributed by atoms with Crippen molar-refractivity contribution in [3.05, 3.63) is 107 Å². The molecule has 10 heteroatoms. The normalized spacial score (nSPS) is 11.5. The molecule has 0 aliphatic carbocycles. The van der Waals surface area contributed by atoms with Gasteiger partial charge in [0.1, 0.15) is 17.4 Å². The number of ether oxygens (including phenoxy) is 2. The molecule has 0 aliphatic heterocycles. The van der Waals surface area contributed by atoms with Crippen molar-refractivity contribution in [3.63, 3.8) is 0 Å². The minimum absolute atomic E-state index is 0.206. The van der Waals surface area contributed by atoms with E-state index in [4.69, 9.17) is 4.74 Å². The van der Waals surface area contributed by atoms with Crippen LogP contribution in [0.1, 0.15) is 31.7 Å². The first-order valence-corrected chi connectivity index (χ1v) is 12.7. The van der Waals surface area contributed by atoms with E-state index in [1.165, 1.54) is 0 Å². The summed E-state index contributed by atoms with van der Waals surface area (Å²) in [5, 5.41) is 0. The number of hydrogen-bond acceptors (Lipinski definition) is 2. The minimum Gasteiger partial charge on any atom is -0.480 e. The Kier molecular flexibility index (Phi) is 9.20. The van der Waals surface area contributed by atoms with Crippen molar-refractivity contribution >= 4 is 0 Å². The van der Waals surface area contributed by atoms with Gasteiger partial charge in [0.2, 0.25) is 0 Å². The van der Waals surface area contributed by atoms with E-state index < -0.39 is 64.7 Å². The standard InChI is InChI=1S/C31H24F8O2/c1-2-3-4-5-18-6-8-19(9-7-18)21-13-24(33)29(25(34)14-21)20-10-11-28(23(32)12-20)40-17-31(38,39)41-22-15-26(35)30(37)27(36)16-22/h6-16H,2-5,17H2,1H3. The first kappa shape index (κ1) is 29.9. The molecule has 0 unspecified atom stereocenters. The summed E-state index contributed by atoms with van der Waals surface area (Å²) in [5.74, 6) is -10.2. The molecular weight excluding hydrogens is 556 g/mol. The maximum Gasteiger partial charge on any atom is 0.433 e. The molecule has 0 amide bonds. The lowest BCUT2D eigenvalue weighted by molar-refractivity contribution is -0.196. The molecule has 4 aromatic carbocycles. The molecule has 0 bridgehead atoms. The topological polar surface area (TPSA) is 18.5 Å². The van der Waals surface area contributed by atoms with Gasteiger partial charge >= 0.3 is 6.11 Å². The summed E-state index contributed by atoms with van der Waals surface area (Å²) in [5.41, 5.74) is 1.26. The highest BCUT2D eigenvalue weighted by atomic mass is 19.3. The van der Waals surface area contributed by atoms with Gasteiger partial charge in [-0.15, -0.1) is 0 Å². The fourth-order valence-corrected chi connectivity index (χ4v) is 4.19. The number of aryl methyl sites for hydroxylation is 1. The first-order chi connectivity index (χ1) is 19.5. The van der Waals surface area contributed by atoms with Crippen molar-refractivity contribution < 1.29 is 44.6 Å². The number of unbranched alkanes of at least 4 members (excludes halogenated alkanes) is 2. The summed E-state index contributed by atoms with van der Waals surface area (Å²) in [7, 11) is 0. The average Bonchev–Trinajstić information content (AvgIpc) is 2.91. The van der Waals surface area contributed by atoms with E-state index in [2.05, 4.69) is 11.7 Å². The van der Waals surface area contributed by atoms with Crippen LogP contribution in [0.15, 0.2) is 66.7 Å². The third kappa shape index (κ3) is 7.36. The predicted molar refractivity (Wildman–Crippen MR) is 138 cm³/mol. The minimum atomic E-state index is -4.20. The molecule has 0 atom stereocenters. The quantitative estimate of drug-likeness (QED) is 0.0999. The Morgan fingerprint density at radius 3 is 1.80 bits per heavy atom. The van der Waals surface area contributed by atoms with Gasteiger partial charge in [0.05, 0.1) is 5.56 Å². The van der Waals surface area contributed by atoms with E-state index in [-0.39, 0.29) is 23.3 Å². The molecule has 41 heavy (non-hydrogen) atoms. The third-order valence-corrected chi connectivity index (χ3v) is 6.24. The van der Waals surface area contributed by atoms with Gasteiger partial charge < -0.3 is 9.47 Å². The lowest BCUT2D eigenvalue weighted by Gasteiger charge is -2.19. The number of halogens is 8. The highest BCUT2D eigenvalue weighted by molar-refractivity contribution is 5.72. The highest BCUT2D eigenvalue weighted by Gasteiger charge is 2.34. The van der Waals surface area contributed by atoms with E-state index in [9.17, 15) is 26.3 Å². The summed E-state index contributed by atoms with van der Waals surface area (Å²) in [6.45, 7) is 0.511. The van der Waals surface area contributed by atoms with Crippen LogP contribution in [-0.2, 0) is 6.42 Å². The summed E-state index contributed by atoms with van der Waals surface area (Å²) in [6, 6.07) is 12.7. The van der Waals surface area contributed by atoms with Crippen molar-refractivity contribution in [2.24, 2.45) is 0 Å². The number of benzene rings is 4. The molecule has 4 aromatic rings. The van der Waals surface area contributed by atoms with Gasteiger partial charge in [-0.1, -0.05) is 50.1 Å². The second-order valence-corrected chi connectivity index (χ2v) is 9.34. The van der Waals surface area contributed by atoms with Crippen molar-refractivity contribution in [2.45, 2.75) is 38.7 Å². The SMILES string of the molecule is CCCCCc1ccc(-c2cc(F)c(-c3ccc(OCC(F)(F)Oc4cc(F)c(F)c(F)c4)c(F)c3)c(F)c2)cc1. The number of alkyl halides is 2. The molecular formula is C31H24F8O2. The zero-order valence-corrected chi connectivity index (χ0v) is 21.7. The van der Waals surface area contributed by atoms with Crippen LogP contribution < -0.4 is 9.47 Å². The Morgan fingerprint density at radius 2 is 1.22 bits per heavy atom. The van der Waals surface area contributed by atoms with Gasteiger partial charge in [-0.3, -0.25) is 0 Å². The summed E-state index contributed by atoms with van der Waals surface area (Å²) >= 11 is 0. The maximum absolute atomic E-state index is 15.0. The van der Waals surface area contributed by atoms with Crippen LogP contribution >= 0.6 is 0 Å². The summed E-state index contributed by atoms with van der Waals surface area (Å²) in [6.07, 6.45) is -0.0539. The van der Waals surface area contributed by atoms with E-state index in [1.807, 2.05) is 12.1 Å². The van der Waals surface area contributed by atoms with E-state index in [0.717, 1.165) is 55.5 Å². The Balaban J connectivity index is 1.46. The Hall–Kier alpha value is -4.08. The fraction of sp³-hybridized carbons (Fsp3) is 0.226. The monoisotopic (exact) mass is 580 g/mol. The van der Waals surface area contributed by atoms with Crippen LogP contribution in [0.2, 0.25) is 0 Å². The molecule has 4 rings (SSSR count). The van der Waals surface area contributed by atoms with Gasteiger partial charge in [0.15, 0.2) is 35.6 Å². The largest absolute Gasteiger partial charge is 0.480 e. The van der Waals surface area contributed by atoms with Crippen LogP contribution in [0.25, 0.3) is 22.3 Å². The third-order valence-electron chi connectivity index (χ3n) is 6.24. The molecule has 0 aliphatic rings. The number of rotatable bonds is 11. The Bertz CT molecular complexity index is 1470. The zero-order valence-electron chi connectivity index (χ0n) is 21.7. The van der Waals surface area contributed by atoms with Gasteiger partial charge in [-0.2, -0.15) is 8.78 Å². The molecule has 216 valence electrons. The molecule has 0 radical (unpaired) electrons. The van der Waals surface area contributed by atoms with Crippen molar-refractivity contribution in [1.82, 2.24) is 0 Å². The molecule has 0 fully saturated rings. The summed E-state index contributed by atoms with van der Waals surface area (Å²) < 4.78 is 121. The van der Waals surface area contributed by atoms with Crippen molar-refractivity contribution in [2.75, 3.05) is 6.61 Å². The molecule has 0 aromatic heterocycles.